The third kappa shape index (κ3) is 8.88. The molecule has 0 spiro atoms. The van der Waals surface area contributed by atoms with Crippen LogP contribution in [0.1, 0.15) is 25.3 Å². The molecule has 2 rings (SSSR count). The smallest absolute Gasteiger partial charge is 0.334 e. The zero-order valence-corrected chi connectivity index (χ0v) is 18.5. The van der Waals surface area contributed by atoms with Gasteiger partial charge in [0.1, 0.15) is 6.79 Å². The number of hydrogen-bond donors (Lipinski definition) is 2. The van der Waals surface area contributed by atoms with Crippen molar-refractivity contribution in [3.63, 3.8) is 0 Å². The molecule has 31 heavy (non-hydrogen) atoms. The predicted molar refractivity (Wildman–Crippen MR) is 126 cm³/mol. The lowest BCUT2D eigenvalue weighted by atomic mass is 10.0. The summed E-state index contributed by atoms with van der Waals surface area (Å²) < 4.78 is 12.8. The fraction of sp³-hybridized carbons (Fsp3) is 0.292. The van der Waals surface area contributed by atoms with Crippen molar-refractivity contribution >= 4 is 27.9 Å². The zero-order valence-electron chi connectivity index (χ0n) is 17.7. The molecule has 0 bridgehead atoms. The summed E-state index contributed by atoms with van der Waals surface area (Å²) in [5, 5.41) is 10.6. The van der Waals surface area contributed by atoms with Gasteiger partial charge in [0.2, 0.25) is 5.91 Å². The van der Waals surface area contributed by atoms with Crippen LogP contribution in [0.3, 0.4) is 0 Å². The van der Waals surface area contributed by atoms with Gasteiger partial charge < -0.3 is 19.3 Å². The number of nitrogens with one attached hydrogen (secondary N) is 1. The van der Waals surface area contributed by atoms with Gasteiger partial charge in [0.15, 0.2) is 0 Å². The molecule has 2 N–H and O–H groups in total. The molecular formula is C24H29NO5S. The van der Waals surface area contributed by atoms with E-state index >= 15 is 0 Å². The first-order valence-electron chi connectivity index (χ1n) is 10.1. The van der Waals surface area contributed by atoms with Crippen molar-refractivity contribution in [2.45, 2.75) is 19.8 Å². The van der Waals surface area contributed by atoms with Crippen LogP contribution in [0.2, 0.25) is 0 Å². The van der Waals surface area contributed by atoms with E-state index in [0.29, 0.717) is 18.6 Å². The highest BCUT2D eigenvalue weighted by Gasteiger charge is 2.12. The highest BCUT2D eigenvalue weighted by molar-refractivity contribution is 8.14. The Labute approximate surface area is 186 Å². The van der Waals surface area contributed by atoms with E-state index in [1.165, 1.54) is 0 Å². The molecule has 0 aromatic heterocycles. The van der Waals surface area contributed by atoms with Crippen molar-refractivity contribution in [3.05, 3.63) is 72.3 Å². The van der Waals surface area contributed by atoms with Gasteiger partial charge in [-0.05, 0) is 35.4 Å². The minimum atomic E-state index is -0.733. The number of aliphatic hydroxyl groups is 1. The summed E-state index contributed by atoms with van der Waals surface area (Å²) in [4.78, 5) is 24.3. The molecule has 0 saturated heterocycles. The van der Waals surface area contributed by atoms with Crippen LogP contribution in [0.5, 0.6) is 0 Å². The molecule has 0 radical (unpaired) electrons. The van der Waals surface area contributed by atoms with Gasteiger partial charge in [0.25, 0.3) is 0 Å². The van der Waals surface area contributed by atoms with E-state index in [1.807, 2.05) is 60.0 Å². The molecule has 0 heterocycles. The average molecular weight is 444 g/mol. The van der Waals surface area contributed by atoms with Gasteiger partial charge in [-0.25, -0.2) is 4.79 Å². The standard InChI is InChI=1S/C24H29NO5S/c1-3-30-24(28)19(2)16-31(25-23(27)10-7-15-29-18-26)17-20-11-13-22(14-12-20)21-8-5-4-6-9-21/h4-6,8-9,11-14,17,26H,2-3,7,10,15-16,18H2,1H3,(H,25,27). The van der Waals surface area contributed by atoms with Crippen LogP contribution < -0.4 is 4.72 Å². The summed E-state index contributed by atoms with van der Waals surface area (Å²) in [6.45, 7) is 5.77. The molecule has 7 heteroatoms. The number of esters is 1. The van der Waals surface area contributed by atoms with E-state index in [2.05, 4.69) is 11.3 Å². The van der Waals surface area contributed by atoms with Crippen LogP contribution in [0.25, 0.3) is 11.1 Å². The first-order chi connectivity index (χ1) is 15.0. The van der Waals surface area contributed by atoms with Crippen molar-refractivity contribution in [1.29, 1.82) is 0 Å². The lowest BCUT2D eigenvalue weighted by Gasteiger charge is -2.13. The van der Waals surface area contributed by atoms with Gasteiger partial charge in [0.05, 0.1) is 6.61 Å². The Hall–Kier alpha value is -2.74. The second-order valence-corrected chi connectivity index (χ2v) is 8.26. The first kappa shape index (κ1) is 24.5. The Bertz CT molecular complexity index is 894. The zero-order chi connectivity index (χ0) is 22.5. The van der Waals surface area contributed by atoms with Gasteiger partial charge in [-0.15, -0.1) is 0 Å². The Morgan fingerprint density at radius 1 is 1.10 bits per heavy atom. The summed E-state index contributed by atoms with van der Waals surface area (Å²) in [5.74, 6) is -0.338. The molecule has 0 aliphatic heterocycles. The minimum Gasteiger partial charge on any atom is -0.463 e. The molecule has 1 atom stereocenters. The molecule has 6 nitrogen and oxygen atoms in total. The fourth-order valence-corrected chi connectivity index (χ4v) is 4.32. The second kappa shape index (κ2) is 13.5. The van der Waals surface area contributed by atoms with Crippen LogP contribution in [-0.2, 0) is 19.1 Å². The van der Waals surface area contributed by atoms with Crippen molar-refractivity contribution in [3.8, 4) is 11.1 Å². The highest BCUT2D eigenvalue weighted by Crippen LogP contribution is 2.20. The number of aliphatic hydroxyl groups excluding tert-OH is 1. The second-order valence-electron chi connectivity index (χ2n) is 6.67. The van der Waals surface area contributed by atoms with E-state index in [1.54, 1.807) is 6.92 Å². The number of rotatable bonds is 12. The molecule has 1 amide bonds. The Kier molecular flexibility index (Phi) is 10.7. The largest absolute Gasteiger partial charge is 0.463 e. The molecule has 166 valence electrons. The van der Waals surface area contributed by atoms with Gasteiger partial charge in [-0.3, -0.25) is 4.79 Å². The predicted octanol–water partition coefficient (Wildman–Crippen LogP) is 3.67. The SMILES string of the molecule is C=C(C/S(=C\c1ccc(-c2ccccc2)cc1)NC(=O)CCCOCO)C(=O)OCC. The maximum absolute atomic E-state index is 12.3. The summed E-state index contributed by atoms with van der Waals surface area (Å²) in [5.41, 5.74) is 3.47. The Balaban J connectivity index is 2.13. The van der Waals surface area contributed by atoms with Crippen molar-refractivity contribution < 1.29 is 24.2 Å². The molecule has 2 aromatic rings. The van der Waals surface area contributed by atoms with Gasteiger partial charge in [-0.1, -0.05) is 71.8 Å². The third-order valence-corrected chi connectivity index (χ3v) is 5.92. The third-order valence-electron chi connectivity index (χ3n) is 4.22. The quantitative estimate of drug-likeness (QED) is 0.172. The lowest BCUT2D eigenvalue weighted by Crippen LogP contribution is -2.21. The minimum absolute atomic E-state index is 0.154. The van der Waals surface area contributed by atoms with Crippen LogP contribution in [0.4, 0.5) is 0 Å². The number of ether oxygens (including phenoxy) is 2. The summed E-state index contributed by atoms with van der Waals surface area (Å²) in [6, 6.07) is 18.1. The fourth-order valence-electron chi connectivity index (χ4n) is 2.73. The van der Waals surface area contributed by atoms with E-state index in [4.69, 9.17) is 14.6 Å². The van der Waals surface area contributed by atoms with Crippen LogP contribution in [0, 0.1) is 0 Å². The number of benzene rings is 2. The highest BCUT2D eigenvalue weighted by atomic mass is 32.2. The maximum Gasteiger partial charge on any atom is 0.334 e. The van der Waals surface area contributed by atoms with E-state index in [0.717, 1.165) is 16.7 Å². The molecule has 0 aliphatic carbocycles. The van der Waals surface area contributed by atoms with E-state index in [9.17, 15) is 9.59 Å². The molecular weight excluding hydrogens is 414 g/mol. The molecule has 0 fully saturated rings. The topological polar surface area (TPSA) is 84.9 Å². The summed E-state index contributed by atoms with van der Waals surface area (Å²) >= 11 is 0. The molecule has 2 aromatic carbocycles. The summed E-state index contributed by atoms with van der Waals surface area (Å²) in [7, 11) is -0.733. The normalized spacial score (nSPS) is 11.7. The number of hydrogen-bond acceptors (Lipinski definition) is 5. The van der Waals surface area contributed by atoms with Crippen molar-refractivity contribution in [1.82, 2.24) is 4.72 Å². The summed E-state index contributed by atoms with van der Waals surface area (Å²) in [6.07, 6.45) is 0.754. The average Bonchev–Trinajstić information content (AvgIpc) is 2.78. The molecule has 0 saturated carbocycles. The number of carbonyl (C=O) groups excluding carboxylic acids is 2. The number of carbonyl (C=O) groups is 2. The van der Waals surface area contributed by atoms with Crippen LogP contribution in [-0.4, -0.2) is 48.1 Å². The monoisotopic (exact) mass is 443 g/mol. The van der Waals surface area contributed by atoms with Gasteiger partial charge in [-0.2, -0.15) is 0 Å². The van der Waals surface area contributed by atoms with Gasteiger partial charge in [0, 0.05) is 24.4 Å². The number of amides is 1. The Morgan fingerprint density at radius 2 is 1.77 bits per heavy atom. The molecule has 0 aliphatic rings. The van der Waals surface area contributed by atoms with Crippen molar-refractivity contribution in [2.24, 2.45) is 0 Å². The van der Waals surface area contributed by atoms with E-state index in [-0.39, 0.29) is 31.5 Å². The maximum atomic E-state index is 12.3. The Morgan fingerprint density at radius 3 is 2.42 bits per heavy atom. The van der Waals surface area contributed by atoms with Crippen molar-refractivity contribution in [2.75, 3.05) is 25.8 Å². The van der Waals surface area contributed by atoms with Gasteiger partial charge >= 0.3 is 5.97 Å². The van der Waals surface area contributed by atoms with E-state index < -0.39 is 16.6 Å². The first-order valence-corrected chi connectivity index (χ1v) is 11.5. The van der Waals surface area contributed by atoms with Crippen LogP contribution in [0.15, 0.2) is 66.7 Å². The van der Waals surface area contributed by atoms with Crippen LogP contribution >= 0.6 is 10.7 Å². The molecule has 1 unspecified atom stereocenters. The lowest BCUT2D eigenvalue weighted by molar-refractivity contribution is -0.138.